The van der Waals surface area contributed by atoms with Crippen LogP contribution in [0.1, 0.15) is 0 Å². The fourth-order valence-electron chi connectivity index (χ4n) is 3.00. The van der Waals surface area contributed by atoms with Crippen molar-refractivity contribution in [2.24, 2.45) is 0 Å². The van der Waals surface area contributed by atoms with Crippen LogP contribution in [-0.2, 0) is 0 Å². The van der Waals surface area contributed by atoms with Crippen LogP contribution >= 0.6 is 27.5 Å². The molecule has 0 N–H and O–H groups in total. The topological polar surface area (TPSA) is 0 Å². The lowest BCUT2D eigenvalue weighted by molar-refractivity contribution is 1.59. The molecule has 4 aromatic rings. The Morgan fingerprint density at radius 1 is 0.542 bits per heavy atom. The highest BCUT2D eigenvalue weighted by Crippen LogP contribution is 2.34. The van der Waals surface area contributed by atoms with E-state index in [0.29, 0.717) is 0 Å². The predicted octanol–water partition coefficient (Wildman–Crippen LogP) is 7.59. The van der Waals surface area contributed by atoms with Crippen LogP contribution in [0.2, 0.25) is 5.02 Å². The van der Waals surface area contributed by atoms with Crippen LogP contribution in [-0.4, -0.2) is 0 Å². The van der Waals surface area contributed by atoms with Gasteiger partial charge in [-0.05, 0) is 45.8 Å². The summed E-state index contributed by atoms with van der Waals surface area (Å²) in [4.78, 5) is 0. The molecule has 0 atom stereocenters. The van der Waals surface area contributed by atoms with E-state index in [1.165, 1.54) is 27.6 Å². The number of halogens is 2. The van der Waals surface area contributed by atoms with Crippen molar-refractivity contribution in [2.45, 2.75) is 0 Å². The van der Waals surface area contributed by atoms with E-state index in [9.17, 15) is 0 Å². The fraction of sp³-hybridized carbons (Fsp3) is 0. The van der Waals surface area contributed by atoms with Crippen LogP contribution in [0.15, 0.2) is 89.4 Å². The largest absolute Gasteiger partial charge is 0.0837 e. The number of hydrogen-bond acceptors (Lipinski definition) is 0. The van der Waals surface area contributed by atoms with Gasteiger partial charge in [0.05, 0.1) is 0 Å². The zero-order valence-electron chi connectivity index (χ0n) is 12.8. The van der Waals surface area contributed by atoms with E-state index in [2.05, 4.69) is 88.7 Å². The van der Waals surface area contributed by atoms with Crippen molar-refractivity contribution in [1.82, 2.24) is 0 Å². The summed E-state index contributed by atoms with van der Waals surface area (Å²) in [6.07, 6.45) is 0. The lowest BCUT2D eigenvalue weighted by atomic mass is 9.96. The molecule has 4 rings (SSSR count). The first-order valence-corrected chi connectivity index (χ1v) is 8.93. The van der Waals surface area contributed by atoms with Gasteiger partial charge in [0, 0.05) is 14.9 Å². The van der Waals surface area contributed by atoms with E-state index in [0.717, 1.165) is 14.9 Å². The molecule has 0 aliphatic rings. The predicted molar refractivity (Wildman–Crippen MR) is 108 cm³/mol. The molecular weight excluding hydrogens is 380 g/mol. The van der Waals surface area contributed by atoms with Gasteiger partial charge >= 0.3 is 0 Å². The quantitative estimate of drug-likeness (QED) is 0.329. The van der Waals surface area contributed by atoms with E-state index in [4.69, 9.17) is 11.6 Å². The van der Waals surface area contributed by atoms with Gasteiger partial charge in [0.2, 0.25) is 0 Å². The van der Waals surface area contributed by atoms with E-state index in [-0.39, 0.29) is 0 Å². The van der Waals surface area contributed by atoms with Crippen LogP contribution in [0.25, 0.3) is 33.0 Å². The second-order valence-corrected chi connectivity index (χ2v) is 7.05. The molecule has 0 bridgehead atoms. The average Bonchev–Trinajstić information content (AvgIpc) is 2.63. The van der Waals surface area contributed by atoms with Crippen molar-refractivity contribution in [3.63, 3.8) is 0 Å². The second kappa shape index (κ2) is 6.43. The van der Waals surface area contributed by atoms with Crippen molar-refractivity contribution >= 4 is 38.3 Å². The minimum atomic E-state index is 0.792. The summed E-state index contributed by atoms with van der Waals surface area (Å²) in [6.45, 7) is 0. The normalized spacial score (nSPS) is 10.9. The van der Waals surface area contributed by atoms with Gasteiger partial charge in [-0.15, -0.1) is 0 Å². The van der Waals surface area contributed by atoms with Crippen LogP contribution in [0.3, 0.4) is 0 Å². The van der Waals surface area contributed by atoms with Gasteiger partial charge in [-0.3, -0.25) is 0 Å². The summed E-state index contributed by atoms with van der Waals surface area (Å²) in [5, 5.41) is 3.07. The van der Waals surface area contributed by atoms with Crippen LogP contribution in [0.5, 0.6) is 0 Å². The molecular formula is C22H14BrCl. The highest BCUT2D eigenvalue weighted by molar-refractivity contribution is 9.10. The molecule has 24 heavy (non-hydrogen) atoms. The van der Waals surface area contributed by atoms with E-state index < -0.39 is 0 Å². The SMILES string of the molecule is Clc1ccc(-c2ccc(-c3ccc(Br)cc3)cc2)c2ccccc12. The number of benzene rings is 4. The molecule has 0 heterocycles. The fourth-order valence-corrected chi connectivity index (χ4v) is 3.49. The number of hydrogen-bond donors (Lipinski definition) is 0. The van der Waals surface area contributed by atoms with Gasteiger partial charge < -0.3 is 0 Å². The zero-order valence-corrected chi connectivity index (χ0v) is 15.2. The summed E-state index contributed by atoms with van der Waals surface area (Å²) in [5.41, 5.74) is 4.83. The van der Waals surface area contributed by atoms with Gasteiger partial charge in [-0.2, -0.15) is 0 Å². The minimum Gasteiger partial charge on any atom is -0.0837 e. The van der Waals surface area contributed by atoms with E-state index >= 15 is 0 Å². The van der Waals surface area contributed by atoms with Crippen molar-refractivity contribution in [3.05, 3.63) is 94.4 Å². The molecule has 0 saturated carbocycles. The smallest absolute Gasteiger partial charge is 0.0484 e. The molecule has 4 aromatic carbocycles. The minimum absolute atomic E-state index is 0.792. The summed E-state index contributed by atoms with van der Waals surface area (Å²) in [5.74, 6) is 0. The second-order valence-electron chi connectivity index (χ2n) is 5.72. The van der Waals surface area contributed by atoms with Crippen molar-refractivity contribution in [1.29, 1.82) is 0 Å². The van der Waals surface area contributed by atoms with Crippen molar-refractivity contribution in [3.8, 4) is 22.3 Å². The molecule has 0 amide bonds. The highest BCUT2D eigenvalue weighted by atomic mass is 79.9. The van der Waals surface area contributed by atoms with Crippen molar-refractivity contribution < 1.29 is 0 Å². The molecule has 0 aliphatic heterocycles. The molecule has 0 spiro atoms. The number of fused-ring (bicyclic) bond motifs is 1. The lowest BCUT2D eigenvalue weighted by Gasteiger charge is -2.09. The third-order valence-electron chi connectivity index (χ3n) is 4.24. The average molecular weight is 394 g/mol. The van der Waals surface area contributed by atoms with Gasteiger partial charge in [0.25, 0.3) is 0 Å². The summed E-state index contributed by atoms with van der Waals surface area (Å²) < 4.78 is 1.09. The monoisotopic (exact) mass is 392 g/mol. The standard InChI is InChI=1S/C22H14BrCl/c23-18-11-9-16(10-12-18)15-5-7-17(8-6-15)19-13-14-22(24)21-4-2-1-3-20(19)21/h1-14H. The van der Waals surface area contributed by atoms with Crippen LogP contribution < -0.4 is 0 Å². The molecule has 0 nitrogen and oxygen atoms in total. The molecule has 0 unspecified atom stereocenters. The Hall–Kier alpha value is -2.09. The third kappa shape index (κ3) is 2.86. The maximum atomic E-state index is 6.33. The maximum absolute atomic E-state index is 6.33. The van der Waals surface area contributed by atoms with E-state index in [1.54, 1.807) is 0 Å². The van der Waals surface area contributed by atoms with Crippen molar-refractivity contribution in [2.75, 3.05) is 0 Å². The summed E-state index contributed by atoms with van der Waals surface area (Å²) in [6, 6.07) is 29.4. The zero-order chi connectivity index (χ0) is 16.5. The molecule has 0 aromatic heterocycles. The number of rotatable bonds is 2. The Morgan fingerprint density at radius 3 is 1.75 bits per heavy atom. The van der Waals surface area contributed by atoms with Gasteiger partial charge in [0.1, 0.15) is 0 Å². The first kappa shape index (κ1) is 15.4. The molecule has 0 saturated heterocycles. The Morgan fingerprint density at radius 2 is 1.08 bits per heavy atom. The lowest BCUT2D eigenvalue weighted by Crippen LogP contribution is -1.83. The first-order valence-electron chi connectivity index (χ1n) is 7.76. The summed E-state index contributed by atoms with van der Waals surface area (Å²) >= 11 is 9.81. The molecule has 116 valence electrons. The third-order valence-corrected chi connectivity index (χ3v) is 5.10. The Labute approximate surface area is 154 Å². The van der Waals surface area contributed by atoms with Gasteiger partial charge in [0.15, 0.2) is 0 Å². The van der Waals surface area contributed by atoms with Gasteiger partial charge in [-0.1, -0.05) is 94.3 Å². The first-order chi connectivity index (χ1) is 11.7. The van der Waals surface area contributed by atoms with E-state index in [1.807, 2.05) is 12.1 Å². The Bertz CT molecular complexity index is 1000. The molecule has 0 aliphatic carbocycles. The highest BCUT2D eigenvalue weighted by Gasteiger charge is 2.07. The summed E-state index contributed by atoms with van der Waals surface area (Å²) in [7, 11) is 0. The van der Waals surface area contributed by atoms with Gasteiger partial charge in [-0.25, -0.2) is 0 Å². The molecule has 0 fully saturated rings. The van der Waals surface area contributed by atoms with Crippen LogP contribution in [0, 0.1) is 0 Å². The molecule has 2 heteroatoms. The van der Waals surface area contributed by atoms with Crippen LogP contribution in [0.4, 0.5) is 0 Å². The Kier molecular flexibility index (Phi) is 4.13. The molecule has 0 radical (unpaired) electrons. The Balaban J connectivity index is 1.78. The maximum Gasteiger partial charge on any atom is 0.0484 e.